The first-order valence-electron chi connectivity index (χ1n) is 8.60. The molecule has 0 aliphatic rings. The fourth-order valence-electron chi connectivity index (χ4n) is 2.16. The lowest BCUT2D eigenvalue weighted by Gasteiger charge is -2.08. The van der Waals surface area contributed by atoms with Gasteiger partial charge in [-0.15, -0.1) is 0 Å². The van der Waals surface area contributed by atoms with E-state index in [4.69, 9.17) is 16.3 Å². The van der Waals surface area contributed by atoms with Crippen LogP contribution in [0.3, 0.4) is 0 Å². The van der Waals surface area contributed by atoms with Crippen LogP contribution >= 0.6 is 11.6 Å². The molecule has 0 atom stereocenters. The van der Waals surface area contributed by atoms with E-state index < -0.39 is 0 Å². The summed E-state index contributed by atoms with van der Waals surface area (Å²) in [6.45, 7) is 3.06. The Morgan fingerprint density at radius 2 is 1.69 bits per heavy atom. The third kappa shape index (κ3) is 6.76. The van der Waals surface area contributed by atoms with E-state index in [9.17, 15) is 9.59 Å². The number of rotatable bonds is 9. The molecule has 2 aromatic carbocycles. The Morgan fingerprint density at radius 3 is 2.35 bits per heavy atom. The molecule has 5 nitrogen and oxygen atoms in total. The summed E-state index contributed by atoms with van der Waals surface area (Å²) in [7, 11) is 0. The van der Waals surface area contributed by atoms with Gasteiger partial charge >= 0.3 is 0 Å². The van der Waals surface area contributed by atoms with Crippen LogP contribution in [0.4, 0.5) is 0 Å². The van der Waals surface area contributed by atoms with Gasteiger partial charge in [0.15, 0.2) is 0 Å². The minimum absolute atomic E-state index is 0.0822. The van der Waals surface area contributed by atoms with Gasteiger partial charge in [0.25, 0.3) is 5.91 Å². The molecule has 26 heavy (non-hydrogen) atoms. The molecule has 0 unspecified atom stereocenters. The van der Waals surface area contributed by atoms with Gasteiger partial charge in [-0.05, 0) is 48.4 Å². The number of amides is 2. The zero-order valence-electron chi connectivity index (χ0n) is 14.8. The third-order valence-electron chi connectivity index (χ3n) is 3.70. The molecule has 0 saturated carbocycles. The Bertz CT molecular complexity index is 715. The van der Waals surface area contributed by atoms with Crippen LogP contribution in [0.2, 0.25) is 5.02 Å². The Labute approximate surface area is 158 Å². The van der Waals surface area contributed by atoms with E-state index in [1.807, 2.05) is 12.1 Å². The SMILES string of the molecule is CCCCOc1ccc(C(=O)NCC(=O)NCc2ccc(Cl)cc2)cc1. The van der Waals surface area contributed by atoms with Crippen LogP contribution in [0.25, 0.3) is 0 Å². The molecular formula is C20H23ClN2O3. The van der Waals surface area contributed by atoms with Crippen LogP contribution < -0.4 is 15.4 Å². The van der Waals surface area contributed by atoms with Gasteiger partial charge in [0.1, 0.15) is 5.75 Å². The lowest BCUT2D eigenvalue weighted by molar-refractivity contribution is -0.120. The minimum Gasteiger partial charge on any atom is -0.494 e. The fraction of sp³-hybridized carbons (Fsp3) is 0.300. The number of unbranched alkanes of at least 4 members (excludes halogenated alkanes) is 1. The summed E-state index contributed by atoms with van der Waals surface area (Å²) in [6, 6.07) is 14.1. The van der Waals surface area contributed by atoms with Crippen molar-refractivity contribution in [2.45, 2.75) is 26.3 Å². The van der Waals surface area contributed by atoms with Gasteiger partial charge in [-0.2, -0.15) is 0 Å². The van der Waals surface area contributed by atoms with Gasteiger partial charge in [-0.1, -0.05) is 37.1 Å². The van der Waals surface area contributed by atoms with Crippen molar-refractivity contribution in [3.63, 3.8) is 0 Å². The van der Waals surface area contributed by atoms with E-state index in [0.717, 1.165) is 24.2 Å². The Hall–Kier alpha value is -2.53. The molecule has 138 valence electrons. The highest BCUT2D eigenvalue weighted by Gasteiger charge is 2.08. The van der Waals surface area contributed by atoms with Gasteiger partial charge in [0.2, 0.25) is 5.91 Å². The lowest BCUT2D eigenvalue weighted by atomic mass is 10.2. The Kier molecular flexibility index (Phi) is 7.96. The van der Waals surface area contributed by atoms with Crippen LogP contribution in [0.1, 0.15) is 35.7 Å². The molecular weight excluding hydrogens is 352 g/mol. The molecule has 0 aliphatic heterocycles. The molecule has 0 radical (unpaired) electrons. The molecule has 0 bridgehead atoms. The summed E-state index contributed by atoms with van der Waals surface area (Å²) in [5.74, 6) is 0.176. The summed E-state index contributed by atoms with van der Waals surface area (Å²) in [5.41, 5.74) is 1.42. The van der Waals surface area contributed by atoms with Crippen molar-refractivity contribution < 1.29 is 14.3 Å². The maximum absolute atomic E-state index is 12.1. The van der Waals surface area contributed by atoms with Crippen LogP contribution in [0, 0.1) is 0 Å². The minimum atomic E-state index is -0.299. The van der Waals surface area contributed by atoms with E-state index in [-0.39, 0.29) is 18.4 Å². The predicted octanol–water partition coefficient (Wildman–Crippen LogP) is 3.57. The van der Waals surface area contributed by atoms with Crippen LogP contribution in [0.15, 0.2) is 48.5 Å². The highest BCUT2D eigenvalue weighted by Crippen LogP contribution is 2.12. The second-order valence-electron chi connectivity index (χ2n) is 5.81. The molecule has 0 aromatic heterocycles. The van der Waals surface area contributed by atoms with Gasteiger partial charge < -0.3 is 15.4 Å². The highest BCUT2D eigenvalue weighted by atomic mass is 35.5. The van der Waals surface area contributed by atoms with Crippen molar-refractivity contribution in [1.82, 2.24) is 10.6 Å². The summed E-state index contributed by atoms with van der Waals surface area (Å²) >= 11 is 5.82. The van der Waals surface area contributed by atoms with E-state index in [1.165, 1.54) is 0 Å². The summed E-state index contributed by atoms with van der Waals surface area (Å²) in [5, 5.41) is 6.00. The van der Waals surface area contributed by atoms with Crippen LogP contribution in [-0.4, -0.2) is 25.0 Å². The maximum Gasteiger partial charge on any atom is 0.251 e. The van der Waals surface area contributed by atoms with Gasteiger partial charge in [-0.3, -0.25) is 9.59 Å². The van der Waals surface area contributed by atoms with Crippen molar-refractivity contribution in [2.24, 2.45) is 0 Å². The molecule has 2 amide bonds. The first kappa shape index (κ1) is 19.8. The predicted molar refractivity (Wildman–Crippen MR) is 102 cm³/mol. The average molecular weight is 375 g/mol. The molecule has 2 rings (SSSR count). The maximum atomic E-state index is 12.1. The quantitative estimate of drug-likeness (QED) is 0.659. The molecule has 0 saturated heterocycles. The second-order valence-corrected chi connectivity index (χ2v) is 6.25. The van der Waals surface area contributed by atoms with E-state index in [1.54, 1.807) is 36.4 Å². The second kappa shape index (κ2) is 10.5. The van der Waals surface area contributed by atoms with Crippen molar-refractivity contribution in [3.05, 3.63) is 64.7 Å². The Balaban J connectivity index is 1.73. The molecule has 2 aromatic rings. The largest absolute Gasteiger partial charge is 0.494 e. The van der Waals surface area contributed by atoms with Crippen LogP contribution in [0.5, 0.6) is 5.75 Å². The van der Waals surface area contributed by atoms with Crippen molar-refractivity contribution >= 4 is 23.4 Å². The first-order chi connectivity index (χ1) is 12.6. The topological polar surface area (TPSA) is 67.4 Å². The smallest absolute Gasteiger partial charge is 0.251 e. The molecule has 0 aliphatic carbocycles. The summed E-state index contributed by atoms with van der Waals surface area (Å²) < 4.78 is 5.56. The van der Waals surface area contributed by atoms with Crippen molar-refractivity contribution in [2.75, 3.05) is 13.2 Å². The number of nitrogens with one attached hydrogen (secondary N) is 2. The summed E-state index contributed by atoms with van der Waals surface area (Å²) in [4.78, 5) is 23.9. The van der Waals surface area contributed by atoms with E-state index in [2.05, 4.69) is 17.6 Å². The van der Waals surface area contributed by atoms with Crippen molar-refractivity contribution in [3.8, 4) is 5.75 Å². The zero-order valence-corrected chi connectivity index (χ0v) is 15.5. The zero-order chi connectivity index (χ0) is 18.8. The van der Waals surface area contributed by atoms with Gasteiger partial charge in [0.05, 0.1) is 13.2 Å². The highest BCUT2D eigenvalue weighted by molar-refractivity contribution is 6.30. The van der Waals surface area contributed by atoms with E-state index in [0.29, 0.717) is 23.7 Å². The number of carbonyl (C=O) groups is 2. The van der Waals surface area contributed by atoms with Gasteiger partial charge in [0, 0.05) is 17.1 Å². The number of halogens is 1. The number of ether oxygens (including phenoxy) is 1. The normalized spacial score (nSPS) is 10.2. The standard InChI is InChI=1S/C20H23ClN2O3/c1-2-3-12-26-18-10-6-16(7-11-18)20(25)23-14-19(24)22-13-15-4-8-17(21)9-5-15/h4-11H,2-3,12-14H2,1H3,(H,22,24)(H,23,25). The average Bonchev–Trinajstić information content (AvgIpc) is 2.66. The number of hydrogen-bond donors (Lipinski definition) is 2. The molecule has 6 heteroatoms. The molecule has 0 spiro atoms. The first-order valence-corrected chi connectivity index (χ1v) is 8.98. The fourth-order valence-corrected chi connectivity index (χ4v) is 2.29. The van der Waals surface area contributed by atoms with Gasteiger partial charge in [-0.25, -0.2) is 0 Å². The molecule has 0 fully saturated rings. The monoisotopic (exact) mass is 374 g/mol. The number of hydrogen-bond acceptors (Lipinski definition) is 3. The number of carbonyl (C=O) groups excluding carboxylic acids is 2. The molecule has 0 heterocycles. The molecule has 2 N–H and O–H groups in total. The summed E-state index contributed by atoms with van der Waals surface area (Å²) in [6.07, 6.45) is 2.06. The number of benzene rings is 2. The third-order valence-corrected chi connectivity index (χ3v) is 3.95. The van der Waals surface area contributed by atoms with Crippen LogP contribution in [-0.2, 0) is 11.3 Å². The lowest BCUT2D eigenvalue weighted by Crippen LogP contribution is -2.36. The van der Waals surface area contributed by atoms with E-state index >= 15 is 0 Å². The van der Waals surface area contributed by atoms with Crippen molar-refractivity contribution in [1.29, 1.82) is 0 Å². The Morgan fingerprint density at radius 1 is 1.00 bits per heavy atom.